The van der Waals surface area contributed by atoms with Gasteiger partial charge in [0.15, 0.2) is 0 Å². The third-order valence-electron chi connectivity index (χ3n) is 4.21. The summed E-state index contributed by atoms with van der Waals surface area (Å²) in [6, 6.07) is 4.84. The lowest BCUT2D eigenvalue weighted by molar-refractivity contribution is 0.132. The highest BCUT2D eigenvalue weighted by atomic mass is 35.5. The molecular weight excluding hydrogens is 263 g/mol. The van der Waals surface area contributed by atoms with Gasteiger partial charge in [-0.2, -0.15) is 0 Å². The average molecular weight is 285 g/mol. The van der Waals surface area contributed by atoms with E-state index in [1.165, 1.54) is 25.3 Å². The van der Waals surface area contributed by atoms with Crippen LogP contribution in [0.1, 0.15) is 37.8 Å². The van der Waals surface area contributed by atoms with Crippen LogP contribution in [-0.4, -0.2) is 24.5 Å². The number of rotatable bonds is 4. The second kappa shape index (κ2) is 6.69. The van der Waals surface area contributed by atoms with Crippen molar-refractivity contribution in [1.29, 1.82) is 0 Å². The van der Waals surface area contributed by atoms with Gasteiger partial charge in [-0.3, -0.25) is 4.90 Å². The largest absolute Gasteiger partial charge is 0.329 e. The SMILES string of the molecule is CCC1CCN(C(CN)c2ccc(Cl)cc2F)CC1. The highest BCUT2D eigenvalue weighted by molar-refractivity contribution is 6.30. The van der Waals surface area contributed by atoms with E-state index in [-0.39, 0.29) is 11.9 Å². The lowest BCUT2D eigenvalue weighted by Crippen LogP contribution is -2.40. The van der Waals surface area contributed by atoms with Crippen LogP contribution in [0.5, 0.6) is 0 Å². The van der Waals surface area contributed by atoms with Crippen LogP contribution < -0.4 is 5.73 Å². The van der Waals surface area contributed by atoms with Crippen LogP contribution >= 0.6 is 11.6 Å². The van der Waals surface area contributed by atoms with Gasteiger partial charge in [-0.05, 0) is 44.0 Å². The molecule has 1 heterocycles. The Morgan fingerprint density at radius 1 is 1.42 bits per heavy atom. The summed E-state index contributed by atoms with van der Waals surface area (Å²) in [6.45, 7) is 4.68. The number of likely N-dealkylation sites (tertiary alicyclic amines) is 1. The van der Waals surface area contributed by atoms with E-state index in [2.05, 4.69) is 11.8 Å². The van der Waals surface area contributed by atoms with Crippen molar-refractivity contribution in [1.82, 2.24) is 4.90 Å². The molecule has 2 nitrogen and oxygen atoms in total. The minimum absolute atomic E-state index is 0.0323. The maximum atomic E-state index is 14.0. The predicted molar refractivity (Wildman–Crippen MR) is 77.8 cm³/mol. The minimum atomic E-state index is -0.249. The van der Waals surface area contributed by atoms with E-state index in [0.29, 0.717) is 17.1 Å². The van der Waals surface area contributed by atoms with Crippen molar-refractivity contribution in [2.75, 3.05) is 19.6 Å². The zero-order valence-corrected chi connectivity index (χ0v) is 12.2. The number of hydrogen-bond donors (Lipinski definition) is 1. The van der Waals surface area contributed by atoms with Crippen LogP contribution in [0.3, 0.4) is 0 Å². The standard InChI is InChI=1S/C15H22ClFN2/c1-2-11-5-7-19(8-6-11)15(10-18)13-4-3-12(16)9-14(13)17/h3-4,9,11,15H,2,5-8,10,18H2,1H3. The number of nitrogens with two attached hydrogens (primary N) is 1. The van der Waals surface area contributed by atoms with E-state index in [0.717, 1.165) is 19.0 Å². The van der Waals surface area contributed by atoms with Crippen LogP contribution in [0.4, 0.5) is 4.39 Å². The number of hydrogen-bond acceptors (Lipinski definition) is 2. The molecule has 0 saturated carbocycles. The Hall–Kier alpha value is -0.640. The van der Waals surface area contributed by atoms with Crippen molar-refractivity contribution in [3.05, 3.63) is 34.6 Å². The normalized spacial score (nSPS) is 19.6. The van der Waals surface area contributed by atoms with Gasteiger partial charge in [-0.1, -0.05) is 31.0 Å². The van der Waals surface area contributed by atoms with Crippen LogP contribution in [-0.2, 0) is 0 Å². The van der Waals surface area contributed by atoms with E-state index in [1.54, 1.807) is 12.1 Å². The summed E-state index contributed by atoms with van der Waals surface area (Å²) < 4.78 is 14.0. The van der Waals surface area contributed by atoms with Crippen LogP contribution in [0, 0.1) is 11.7 Å². The van der Waals surface area contributed by atoms with Gasteiger partial charge < -0.3 is 5.73 Å². The summed E-state index contributed by atoms with van der Waals surface area (Å²) in [4.78, 5) is 2.30. The molecule has 1 aliphatic heterocycles. The maximum Gasteiger partial charge on any atom is 0.129 e. The molecule has 1 fully saturated rings. The molecule has 1 unspecified atom stereocenters. The highest BCUT2D eigenvalue weighted by Crippen LogP contribution is 2.29. The zero-order chi connectivity index (χ0) is 13.8. The highest BCUT2D eigenvalue weighted by Gasteiger charge is 2.26. The lowest BCUT2D eigenvalue weighted by atomic mass is 9.92. The van der Waals surface area contributed by atoms with E-state index >= 15 is 0 Å². The second-order valence-corrected chi connectivity index (χ2v) is 5.74. The summed E-state index contributed by atoms with van der Waals surface area (Å²) in [5.41, 5.74) is 6.54. The molecule has 0 radical (unpaired) electrons. The molecule has 1 saturated heterocycles. The second-order valence-electron chi connectivity index (χ2n) is 5.30. The van der Waals surface area contributed by atoms with Crippen molar-refractivity contribution >= 4 is 11.6 Å². The molecule has 0 aliphatic carbocycles. The van der Waals surface area contributed by atoms with E-state index < -0.39 is 0 Å². The third kappa shape index (κ3) is 3.47. The number of piperidine rings is 1. The Morgan fingerprint density at radius 3 is 2.63 bits per heavy atom. The fourth-order valence-corrected chi connectivity index (χ4v) is 3.08. The van der Waals surface area contributed by atoms with E-state index in [9.17, 15) is 4.39 Å². The molecule has 1 aromatic carbocycles. The van der Waals surface area contributed by atoms with Crippen molar-refractivity contribution in [3.8, 4) is 0 Å². The molecule has 0 spiro atoms. The quantitative estimate of drug-likeness (QED) is 0.915. The number of benzene rings is 1. The molecule has 4 heteroatoms. The van der Waals surface area contributed by atoms with Gasteiger partial charge in [0, 0.05) is 23.2 Å². The molecular formula is C15H22ClFN2. The predicted octanol–water partition coefficient (Wildman–Crippen LogP) is 3.60. The van der Waals surface area contributed by atoms with E-state index in [1.807, 2.05) is 0 Å². The molecule has 2 N–H and O–H groups in total. The molecule has 0 bridgehead atoms. The van der Waals surface area contributed by atoms with Gasteiger partial charge in [0.05, 0.1) is 0 Å². The Bertz CT molecular complexity index is 417. The molecule has 1 aliphatic rings. The van der Waals surface area contributed by atoms with Crippen molar-refractivity contribution < 1.29 is 4.39 Å². The number of nitrogens with zero attached hydrogens (tertiary/aromatic N) is 1. The molecule has 1 aromatic rings. The average Bonchev–Trinajstić information content (AvgIpc) is 2.42. The Labute approximate surface area is 119 Å². The van der Waals surface area contributed by atoms with E-state index in [4.69, 9.17) is 17.3 Å². The Balaban J connectivity index is 2.12. The van der Waals surface area contributed by atoms with Crippen molar-refractivity contribution in [2.24, 2.45) is 11.7 Å². The molecule has 2 rings (SSSR count). The first kappa shape index (κ1) is 14.8. The van der Waals surface area contributed by atoms with Crippen LogP contribution in [0.25, 0.3) is 0 Å². The van der Waals surface area contributed by atoms with Crippen molar-refractivity contribution in [3.63, 3.8) is 0 Å². The summed E-state index contributed by atoms with van der Waals surface area (Å²) in [7, 11) is 0. The fraction of sp³-hybridized carbons (Fsp3) is 0.600. The molecule has 0 amide bonds. The first-order chi connectivity index (χ1) is 9.15. The van der Waals surface area contributed by atoms with Gasteiger partial charge in [-0.15, -0.1) is 0 Å². The minimum Gasteiger partial charge on any atom is -0.329 e. The van der Waals surface area contributed by atoms with Crippen molar-refractivity contribution in [2.45, 2.75) is 32.2 Å². The Morgan fingerprint density at radius 2 is 2.11 bits per heavy atom. The van der Waals surface area contributed by atoms with Gasteiger partial charge in [0.1, 0.15) is 5.82 Å². The fourth-order valence-electron chi connectivity index (χ4n) is 2.92. The smallest absolute Gasteiger partial charge is 0.129 e. The van der Waals surface area contributed by atoms with Crippen LogP contribution in [0.15, 0.2) is 18.2 Å². The first-order valence-corrected chi connectivity index (χ1v) is 7.42. The summed E-state index contributed by atoms with van der Waals surface area (Å²) in [5, 5.41) is 0.432. The third-order valence-corrected chi connectivity index (χ3v) is 4.45. The van der Waals surface area contributed by atoms with Gasteiger partial charge in [0.25, 0.3) is 0 Å². The molecule has 19 heavy (non-hydrogen) atoms. The zero-order valence-electron chi connectivity index (χ0n) is 11.4. The molecule has 1 atom stereocenters. The van der Waals surface area contributed by atoms with Gasteiger partial charge in [0.2, 0.25) is 0 Å². The summed E-state index contributed by atoms with van der Waals surface area (Å²) in [5.74, 6) is 0.560. The molecule has 106 valence electrons. The topological polar surface area (TPSA) is 29.3 Å². The monoisotopic (exact) mass is 284 g/mol. The first-order valence-electron chi connectivity index (χ1n) is 7.04. The number of halogens is 2. The Kier molecular flexibility index (Phi) is 5.20. The van der Waals surface area contributed by atoms with Gasteiger partial charge >= 0.3 is 0 Å². The lowest BCUT2D eigenvalue weighted by Gasteiger charge is -2.37. The van der Waals surface area contributed by atoms with Gasteiger partial charge in [-0.25, -0.2) is 4.39 Å². The summed E-state index contributed by atoms with van der Waals surface area (Å²) in [6.07, 6.45) is 3.60. The van der Waals surface area contributed by atoms with Crippen LogP contribution in [0.2, 0.25) is 5.02 Å². The maximum absolute atomic E-state index is 14.0. The summed E-state index contributed by atoms with van der Waals surface area (Å²) >= 11 is 5.80. The molecule has 0 aromatic heterocycles.